The van der Waals surface area contributed by atoms with E-state index in [1.807, 2.05) is 10.7 Å². The number of fused-ring (bicyclic) bond motifs is 1. The van der Waals surface area contributed by atoms with Crippen LogP contribution in [0.15, 0.2) is 33.9 Å². The molecule has 0 aromatic carbocycles. The number of nitrogens with zero attached hydrogens (tertiary/aromatic N) is 3. The van der Waals surface area contributed by atoms with Crippen molar-refractivity contribution in [3.05, 3.63) is 33.7 Å². The minimum atomic E-state index is -0.128. The van der Waals surface area contributed by atoms with Gasteiger partial charge in [-0.25, -0.2) is 4.68 Å². The number of rotatable bonds is 6. The van der Waals surface area contributed by atoms with Gasteiger partial charge in [-0.05, 0) is 30.7 Å². The maximum Gasteiger partial charge on any atom is 0.227 e. The molecule has 0 saturated heterocycles. The molecule has 7 heteroatoms. The molecule has 1 unspecified atom stereocenters. The number of Topliss-reactive ketones (excluding diaryl/α,β-unsaturated/α-hetero) is 1. The first-order valence-corrected chi connectivity index (χ1v) is 10.8. The van der Waals surface area contributed by atoms with Gasteiger partial charge in [0.1, 0.15) is 6.04 Å². The Hall–Kier alpha value is -1.60. The monoisotopic (exact) mass is 374 g/mol. The van der Waals surface area contributed by atoms with E-state index in [4.69, 9.17) is 5.10 Å². The fourth-order valence-corrected chi connectivity index (χ4v) is 5.07. The highest BCUT2D eigenvalue weighted by Gasteiger charge is 2.37. The summed E-state index contributed by atoms with van der Waals surface area (Å²) in [4.78, 5) is 18.5. The van der Waals surface area contributed by atoms with Gasteiger partial charge < -0.3 is 5.32 Å². The van der Waals surface area contributed by atoms with E-state index in [0.29, 0.717) is 6.42 Å². The lowest BCUT2D eigenvalue weighted by molar-refractivity contribution is -0.116. The van der Waals surface area contributed by atoms with Gasteiger partial charge in [-0.3, -0.25) is 4.79 Å². The van der Waals surface area contributed by atoms with Crippen LogP contribution in [0, 0.1) is 0 Å². The van der Waals surface area contributed by atoms with Gasteiger partial charge in [0.15, 0.2) is 5.78 Å². The Bertz CT molecular complexity index is 794. The number of ketones is 1. The van der Waals surface area contributed by atoms with E-state index in [9.17, 15) is 4.79 Å². The van der Waals surface area contributed by atoms with Crippen molar-refractivity contribution in [1.82, 2.24) is 14.8 Å². The summed E-state index contributed by atoms with van der Waals surface area (Å²) in [6, 6.07) is 4.00. The predicted molar refractivity (Wildman–Crippen MR) is 102 cm³/mol. The summed E-state index contributed by atoms with van der Waals surface area (Å²) in [5, 5.41) is 11.0. The van der Waals surface area contributed by atoms with E-state index in [1.54, 1.807) is 23.1 Å². The highest BCUT2D eigenvalue weighted by Crippen LogP contribution is 2.41. The minimum absolute atomic E-state index is 0.128. The molecule has 0 fully saturated rings. The van der Waals surface area contributed by atoms with Gasteiger partial charge >= 0.3 is 0 Å². The molecular formula is C18H22N4OS2. The standard InChI is InChI=1S/C18H22N4OS2/c1-2-3-4-10-25-18-20-17-19-12-7-5-8-13(23)15(12)16(22(17)21-18)14-9-6-11-24-14/h6,9,11,16H,2-5,7-8,10H2,1H3,(H,19,20,21). The van der Waals surface area contributed by atoms with E-state index < -0.39 is 0 Å². The molecule has 3 heterocycles. The molecule has 1 aliphatic heterocycles. The summed E-state index contributed by atoms with van der Waals surface area (Å²) >= 11 is 3.38. The van der Waals surface area contributed by atoms with Gasteiger partial charge in [0, 0.05) is 28.3 Å². The van der Waals surface area contributed by atoms with Crippen molar-refractivity contribution in [2.24, 2.45) is 0 Å². The first kappa shape index (κ1) is 16.8. The average Bonchev–Trinajstić information content (AvgIpc) is 3.26. The Balaban J connectivity index is 1.67. The molecule has 132 valence electrons. The van der Waals surface area contributed by atoms with Crippen LogP contribution < -0.4 is 5.32 Å². The van der Waals surface area contributed by atoms with Gasteiger partial charge in [-0.15, -0.1) is 16.4 Å². The maximum atomic E-state index is 12.6. The molecule has 5 nitrogen and oxygen atoms in total. The van der Waals surface area contributed by atoms with E-state index in [1.165, 1.54) is 19.3 Å². The third-order valence-electron chi connectivity index (χ3n) is 4.64. The van der Waals surface area contributed by atoms with Crippen molar-refractivity contribution in [3.8, 4) is 0 Å². The van der Waals surface area contributed by atoms with Gasteiger partial charge in [-0.1, -0.05) is 37.6 Å². The molecule has 1 aliphatic carbocycles. The molecule has 1 atom stereocenters. The molecular weight excluding hydrogens is 352 g/mol. The van der Waals surface area contributed by atoms with Gasteiger partial charge in [-0.2, -0.15) is 4.98 Å². The number of hydrogen-bond donors (Lipinski definition) is 1. The molecule has 0 amide bonds. The SMILES string of the molecule is CCCCCSc1nc2n(n1)C(c1cccs1)C1=C(CCCC1=O)N2. The number of carbonyl (C=O) groups excluding carboxylic acids is 1. The fourth-order valence-electron chi connectivity index (χ4n) is 3.42. The van der Waals surface area contributed by atoms with Gasteiger partial charge in [0.25, 0.3) is 0 Å². The second kappa shape index (κ2) is 7.33. The van der Waals surface area contributed by atoms with Crippen LogP contribution in [0.1, 0.15) is 56.4 Å². The molecule has 0 saturated carbocycles. The van der Waals surface area contributed by atoms with Gasteiger partial charge in [0.05, 0.1) is 0 Å². The number of anilines is 1. The van der Waals surface area contributed by atoms with Crippen LogP contribution in [0.25, 0.3) is 0 Å². The summed E-state index contributed by atoms with van der Waals surface area (Å²) in [5.74, 6) is 2.04. The zero-order chi connectivity index (χ0) is 17.2. The Labute approximate surface area is 155 Å². The molecule has 0 spiro atoms. The molecule has 4 rings (SSSR count). The smallest absolute Gasteiger partial charge is 0.227 e. The van der Waals surface area contributed by atoms with Crippen molar-refractivity contribution in [1.29, 1.82) is 0 Å². The number of aromatic nitrogens is 3. The number of unbranched alkanes of at least 4 members (excludes halogenated alkanes) is 2. The quantitative estimate of drug-likeness (QED) is 0.589. The molecule has 2 aliphatic rings. The van der Waals surface area contributed by atoms with Crippen LogP contribution in [-0.2, 0) is 4.79 Å². The number of allylic oxidation sites excluding steroid dienone is 2. The first-order chi connectivity index (χ1) is 12.3. The third kappa shape index (κ3) is 3.27. The maximum absolute atomic E-state index is 12.6. The van der Waals surface area contributed by atoms with E-state index in [-0.39, 0.29) is 11.8 Å². The molecule has 0 bridgehead atoms. The number of nitrogens with one attached hydrogen (secondary N) is 1. The first-order valence-electron chi connectivity index (χ1n) is 8.94. The zero-order valence-electron chi connectivity index (χ0n) is 14.3. The van der Waals surface area contributed by atoms with E-state index in [2.05, 4.69) is 28.7 Å². The van der Waals surface area contributed by atoms with Crippen LogP contribution in [0.5, 0.6) is 0 Å². The van der Waals surface area contributed by atoms with Crippen LogP contribution in [0.2, 0.25) is 0 Å². The molecule has 2 aromatic rings. The molecule has 2 aromatic heterocycles. The summed E-state index contributed by atoms with van der Waals surface area (Å²) < 4.78 is 1.91. The number of hydrogen-bond acceptors (Lipinski definition) is 6. The summed E-state index contributed by atoms with van der Waals surface area (Å²) in [6.07, 6.45) is 6.09. The van der Waals surface area contributed by atoms with Crippen molar-refractivity contribution >= 4 is 34.8 Å². The van der Waals surface area contributed by atoms with Crippen LogP contribution in [-0.4, -0.2) is 26.3 Å². The second-order valence-corrected chi connectivity index (χ2v) is 8.47. The van der Waals surface area contributed by atoms with Crippen molar-refractivity contribution in [3.63, 3.8) is 0 Å². The number of thioether (sulfide) groups is 1. The average molecular weight is 375 g/mol. The zero-order valence-corrected chi connectivity index (χ0v) is 16.0. The minimum Gasteiger partial charge on any atom is -0.328 e. The Morgan fingerprint density at radius 2 is 2.32 bits per heavy atom. The van der Waals surface area contributed by atoms with Crippen molar-refractivity contribution < 1.29 is 4.79 Å². The van der Waals surface area contributed by atoms with E-state index >= 15 is 0 Å². The Morgan fingerprint density at radius 1 is 1.40 bits per heavy atom. The lowest BCUT2D eigenvalue weighted by Crippen LogP contribution is -2.31. The molecule has 0 radical (unpaired) electrons. The lowest BCUT2D eigenvalue weighted by atomic mass is 9.88. The number of carbonyl (C=O) groups is 1. The van der Waals surface area contributed by atoms with Gasteiger partial charge in [0.2, 0.25) is 11.1 Å². The normalized spacial score (nSPS) is 19.6. The fraction of sp³-hybridized carbons (Fsp3) is 0.500. The van der Waals surface area contributed by atoms with Crippen molar-refractivity contribution in [2.75, 3.05) is 11.1 Å². The predicted octanol–water partition coefficient (Wildman–Crippen LogP) is 4.64. The highest BCUT2D eigenvalue weighted by atomic mass is 32.2. The van der Waals surface area contributed by atoms with E-state index in [0.717, 1.165) is 45.8 Å². The second-order valence-electron chi connectivity index (χ2n) is 6.43. The summed E-state index contributed by atoms with van der Waals surface area (Å²) in [5.41, 5.74) is 1.92. The Kier molecular flexibility index (Phi) is 4.94. The summed E-state index contributed by atoms with van der Waals surface area (Å²) in [7, 11) is 0. The van der Waals surface area contributed by atoms with Crippen LogP contribution in [0.4, 0.5) is 5.95 Å². The summed E-state index contributed by atoms with van der Waals surface area (Å²) in [6.45, 7) is 2.21. The highest BCUT2D eigenvalue weighted by molar-refractivity contribution is 7.99. The third-order valence-corrected chi connectivity index (χ3v) is 6.49. The lowest BCUT2D eigenvalue weighted by Gasteiger charge is -2.31. The van der Waals surface area contributed by atoms with Crippen molar-refractivity contribution in [2.45, 2.75) is 56.6 Å². The van der Waals surface area contributed by atoms with Crippen LogP contribution in [0.3, 0.4) is 0 Å². The van der Waals surface area contributed by atoms with Crippen LogP contribution >= 0.6 is 23.1 Å². The molecule has 1 N–H and O–H groups in total. The Morgan fingerprint density at radius 3 is 3.12 bits per heavy atom. The topological polar surface area (TPSA) is 59.8 Å². The number of thiophene rings is 1. The molecule has 25 heavy (non-hydrogen) atoms. The largest absolute Gasteiger partial charge is 0.328 e.